The first-order valence-electron chi connectivity index (χ1n) is 8.12. The summed E-state index contributed by atoms with van der Waals surface area (Å²) in [4.78, 5) is 9.14. The van der Waals surface area contributed by atoms with Gasteiger partial charge in [0.25, 0.3) is 0 Å². The van der Waals surface area contributed by atoms with Gasteiger partial charge >= 0.3 is 0 Å². The molecule has 4 rings (SSSR count). The summed E-state index contributed by atoms with van der Waals surface area (Å²) in [7, 11) is -2.07. The number of nitrogens with zero attached hydrogens (tertiary/aromatic N) is 3. The van der Waals surface area contributed by atoms with Crippen molar-refractivity contribution in [3.63, 3.8) is 0 Å². The topological polar surface area (TPSA) is 63.2 Å². The minimum Gasteiger partial charge on any atom is -0.256 e. The Morgan fingerprint density at radius 3 is 2.69 bits per heavy atom. The Labute approximate surface area is 156 Å². The van der Waals surface area contributed by atoms with Gasteiger partial charge in [0.2, 0.25) is 10.0 Å². The van der Waals surface area contributed by atoms with Crippen LogP contribution in [0.3, 0.4) is 0 Å². The molecule has 0 atom stereocenters. The Hall–Kier alpha value is -2.35. The average molecular weight is 383 g/mol. The summed E-state index contributed by atoms with van der Waals surface area (Å²) in [5.74, 6) is 0. The van der Waals surface area contributed by atoms with Crippen LogP contribution in [0.25, 0.3) is 21.1 Å². The fraction of sp³-hybridized carbons (Fsp3) is 0.158. The summed E-state index contributed by atoms with van der Waals surface area (Å²) in [5.41, 5.74) is 2.55. The highest BCUT2D eigenvalue weighted by atomic mass is 32.2. The summed E-state index contributed by atoms with van der Waals surface area (Å²) in [6.45, 7) is 2.16. The van der Waals surface area contributed by atoms with Crippen molar-refractivity contribution >= 4 is 42.5 Å². The highest BCUT2D eigenvalue weighted by molar-refractivity contribution is 7.89. The molecule has 0 N–H and O–H groups in total. The number of thiazole rings is 1. The van der Waals surface area contributed by atoms with E-state index < -0.39 is 10.0 Å². The number of hydrogen-bond acceptors (Lipinski definition) is 5. The van der Waals surface area contributed by atoms with E-state index in [1.165, 1.54) is 15.6 Å². The molecule has 0 radical (unpaired) electrons. The molecule has 0 unspecified atom stereocenters. The number of aryl methyl sites for hydroxylation is 1. The van der Waals surface area contributed by atoms with E-state index in [4.69, 9.17) is 0 Å². The van der Waals surface area contributed by atoms with Gasteiger partial charge in [-0.15, -0.1) is 11.3 Å². The Morgan fingerprint density at radius 1 is 1.08 bits per heavy atom. The summed E-state index contributed by atoms with van der Waals surface area (Å²) in [6, 6.07) is 14.8. The third kappa shape index (κ3) is 2.88. The molecule has 26 heavy (non-hydrogen) atoms. The zero-order valence-corrected chi connectivity index (χ0v) is 16.0. The van der Waals surface area contributed by atoms with Gasteiger partial charge in [-0.3, -0.25) is 4.98 Å². The van der Waals surface area contributed by atoms with Crippen LogP contribution in [0.4, 0.5) is 0 Å². The van der Waals surface area contributed by atoms with E-state index in [0.717, 1.165) is 20.8 Å². The first kappa shape index (κ1) is 17.1. The largest absolute Gasteiger partial charge is 0.256 e. The van der Waals surface area contributed by atoms with Crippen molar-refractivity contribution in [1.29, 1.82) is 0 Å². The van der Waals surface area contributed by atoms with Gasteiger partial charge in [-0.2, -0.15) is 4.31 Å². The van der Waals surface area contributed by atoms with E-state index in [-0.39, 0.29) is 11.4 Å². The molecule has 0 aliphatic rings. The predicted molar refractivity (Wildman–Crippen MR) is 105 cm³/mol. The zero-order valence-electron chi connectivity index (χ0n) is 14.4. The maximum absolute atomic E-state index is 13.2. The Kier molecular flexibility index (Phi) is 4.22. The highest BCUT2D eigenvalue weighted by Crippen LogP contribution is 2.28. The smallest absolute Gasteiger partial charge is 0.243 e. The second-order valence-corrected chi connectivity index (χ2v) is 9.25. The quantitative estimate of drug-likeness (QED) is 0.535. The standard InChI is InChI=1S/C19H17N3O2S2/c1-13-9-10-17(14-6-5-11-20-19(13)14)26(23,24)22(2)12-18-21-15-7-3-4-8-16(15)25-18/h3-11H,12H2,1-2H3. The van der Waals surface area contributed by atoms with E-state index in [1.54, 1.807) is 37.5 Å². The Balaban J connectivity index is 1.73. The molecule has 2 aromatic carbocycles. The normalized spacial score (nSPS) is 12.3. The number of rotatable bonds is 4. The molecule has 0 aliphatic heterocycles. The number of hydrogen-bond donors (Lipinski definition) is 0. The second kappa shape index (κ2) is 6.42. The summed E-state index contributed by atoms with van der Waals surface area (Å²) in [6.07, 6.45) is 1.68. The number of fused-ring (bicyclic) bond motifs is 2. The van der Waals surface area contributed by atoms with Gasteiger partial charge in [-0.05, 0) is 42.8 Å². The van der Waals surface area contributed by atoms with Crippen molar-refractivity contribution < 1.29 is 8.42 Å². The molecule has 0 spiro atoms. The van der Waals surface area contributed by atoms with Crippen LogP contribution < -0.4 is 0 Å². The molecule has 0 bridgehead atoms. The van der Waals surface area contributed by atoms with Crippen LogP contribution in [0.2, 0.25) is 0 Å². The fourth-order valence-electron chi connectivity index (χ4n) is 2.94. The van der Waals surface area contributed by atoms with Crippen molar-refractivity contribution in [3.05, 3.63) is 65.3 Å². The number of aromatic nitrogens is 2. The van der Waals surface area contributed by atoms with Crippen molar-refractivity contribution in [2.75, 3.05) is 7.05 Å². The van der Waals surface area contributed by atoms with Gasteiger partial charge in [0.1, 0.15) is 5.01 Å². The van der Waals surface area contributed by atoms with Gasteiger partial charge < -0.3 is 0 Å². The van der Waals surface area contributed by atoms with Crippen LogP contribution in [-0.2, 0) is 16.6 Å². The van der Waals surface area contributed by atoms with Crippen LogP contribution in [0, 0.1) is 6.92 Å². The summed E-state index contributed by atoms with van der Waals surface area (Å²) >= 11 is 1.51. The molecule has 5 nitrogen and oxygen atoms in total. The molecule has 132 valence electrons. The first-order chi connectivity index (χ1) is 12.5. The highest BCUT2D eigenvalue weighted by Gasteiger charge is 2.24. The van der Waals surface area contributed by atoms with Crippen LogP contribution in [0.5, 0.6) is 0 Å². The van der Waals surface area contributed by atoms with Crippen molar-refractivity contribution in [3.8, 4) is 0 Å². The Bertz CT molecular complexity index is 1180. The molecule has 0 saturated heterocycles. The zero-order chi connectivity index (χ0) is 18.3. The summed E-state index contributed by atoms with van der Waals surface area (Å²) < 4.78 is 28.7. The van der Waals surface area contributed by atoms with E-state index >= 15 is 0 Å². The molecule has 0 amide bonds. The van der Waals surface area contributed by atoms with Gasteiger partial charge in [0, 0.05) is 18.6 Å². The lowest BCUT2D eigenvalue weighted by molar-refractivity contribution is 0.467. The lowest BCUT2D eigenvalue weighted by atomic mass is 10.1. The number of para-hydroxylation sites is 1. The third-order valence-corrected chi connectivity index (χ3v) is 7.20. The van der Waals surface area contributed by atoms with Gasteiger partial charge in [-0.1, -0.05) is 18.2 Å². The first-order valence-corrected chi connectivity index (χ1v) is 10.4. The van der Waals surface area contributed by atoms with Crippen LogP contribution in [0.1, 0.15) is 10.6 Å². The second-order valence-electron chi connectivity index (χ2n) is 6.12. The molecule has 0 fully saturated rings. The molecule has 0 aliphatic carbocycles. The molecule has 0 saturated carbocycles. The molecule has 4 aromatic rings. The fourth-order valence-corrected chi connectivity index (χ4v) is 5.36. The molecule has 7 heteroatoms. The molecular formula is C19H17N3O2S2. The maximum atomic E-state index is 13.2. The van der Waals surface area contributed by atoms with Crippen molar-refractivity contribution in [2.24, 2.45) is 0 Å². The minimum absolute atomic E-state index is 0.233. The number of sulfonamides is 1. The number of pyridine rings is 1. The monoisotopic (exact) mass is 383 g/mol. The van der Waals surface area contributed by atoms with Crippen LogP contribution >= 0.6 is 11.3 Å². The van der Waals surface area contributed by atoms with Crippen molar-refractivity contribution in [2.45, 2.75) is 18.4 Å². The van der Waals surface area contributed by atoms with Gasteiger partial charge in [0.05, 0.1) is 27.2 Å². The average Bonchev–Trinajstić information content (AvgIpc) is 3.04. The molecule has 2 aromatic heterocycles. The van der Waals surface area contributed by atoms with E-state index in [2.05, 4.69) is 9.97 Å². The van der Waals surface area contributed by atoms with Crippen molar-refractivity contribution in [1.82, 2.24) is 14.3 Å². The van der Waals surface area contributed by atoms with Gasteiger partial charge in [0.15, 0.2) is 0 Å². The number of benzene rings is 2. The lowest BCUT2D eigenvalue weighted by Crippen LogP contribution is -2.26. The summed E-state index contributed by atoms with van der Waals surface area (Å²) in [5, 5.41) is 1.41. The van der Waals surface area contributed by atoms with Crippen LogP contribution in [0.15, 0.2) is 59.6 Å². The third-order valence-electron chi connectivity index (χ3n) is 4.32. The Morgan fingerprint density at radius 2 is 1.88 bits per heavy atom. The van der Waals surface area contributed by atoms with Gasteiger partial charge in [-0.25, -0.2) is 13.4 Å². The maximum Gasteiger partial charge on any atom is 0.243 e. The van der Waals surface area contributed by atoms with Crippen LogP contribution in [-0.4, -0.2) is 29.7 Å². The minimum atomic E-state index is -3.66. The van der Waals surface area contributed by atoms with E-state index in [9.17, 15) is 8.42 Å². The lowest BCUT2D eigenvalue weighted by Gasteiger charge is -2.17. The predicted octanol–water partition coefficient (Wildman–Crippen LogP) is 3.97. The SMILES string of the molecule is Cc1ccc(S(=O)(=O)N(C)Cc2nc3ccccc3s2)c2cccnc12. The van der Waals surface area contributed by atoms with E-state index in [1.807, 2.05) is 31.2 Å². The van der Waals surface area contributed by atoms with E-state index in [0.29, 0.717) is 10.9 Å². The molecular weight excluding hydrogens is 366 g/mol. The molecule has 2 heterocycles.